The van der Waals surface area contributed by atoms with E-state index in [1.165, 1.54) is 7.11 Å². The highest BCUT2D eigenvalue weighted by atomic mass is 19.4. The van der Waals surface area contributed by atoms with Crippen LogP contribution in [-0.4, -0.2) is 36.1 Å². The second-order valence-corrected chi connectivity index (χ2v) is 5.61. The van der Waals surface area contributed by atoms with E-state index >= 15 is 0 Å². The van der Waals surface area contributed by atoms with Gasteiger partial charge in [0.25, 0.3) is 0 Å². The lowest BCUT2D eigenvalue weighted by atomic mass is 9.96. The van der Waals surface area contributed by atoms with Crippen molar-refractivity contribution in [3.63, 3.8) is 0 Å². The van der Waals surface area contributed by atoms with Crippen LogP contribution in [0.25, 0.3) is 0 Å². The van der Waals surface area contributed by atoms with Gasteiger partial charge in [-0.3, -0.25) is 0 Å². The summed E-state index contributed by atoms with van der Waals surface area (Å²) in [6.45, 7) is 0. The van der Waals surface area contributed by atoms with Gasteiger partial charge in [-0.15, -0.1) is 0 Å². The molecule has 134 valence electrons. The molecule has 6 nitrogen and oxygen atoms in total. The predicted octanol–water partition coefficient (Wildman–Crippen LogP) is 3.34. The first-order valence-electron chi connectivity index (χ1n) is 7.48. The van der Waals surface area contributed by atoms with Gasteiger partial charge in [-0.05, 0) is 17.7 Å². The smallest absolute Gasteiger partial charge is 0.410 e. The van der Waals surface area contributed by atoms with Crippen LogP contribution in [0.3, 0.4) is 0 Å². The van der Waals surface area contributed by atoms with Crippen molar-refractivity contribution in [3.05, 3.63) is 41.6 Å². The van der Waals surface area contributed by atoms with E-state index < -0.39 is 24.2 Å². The van der Waals surface area contributed by atoms with Gasteiger partial charge in [-0.25, -0.2) is 9.48 Å². The Kier molecular flexibility index (Phi) is 4.32. The van der Waals surface area contributed by atoms with E-state index in [2.05, 4.69) is 15.2 Å². The van der Waals surface area contributed by atoms with Gasteiger partial charge in [0, 0.05) is 6.42 Å². The molecule has 0 radical (unpaired) electrons. The van der Waals surface area contributed by atoms with E-state index in [1.807, 2.05) is 0 Å². The second kappa shape index (κ2) is 6.30. The maximum absolute atomic E-state index is 13.5. The van der Waals surface area contributed by atoms with Crippen LogP contribution in [0.1, 0.15) is 34.4 Å². The third-order valence-corrected chi connectivity index (χ3v) is 4.16. The van der Waals surface area contributed by atoms with Gasteiger partial charge in [0.15, 0.2) is 6.04 Å². The van der Waals surface area contributed by atoms with Gasteiger partial charge in [-0.2, -0.15) is 18.3 Å². The number of anilines is 1. The number of esters is 1. The minimum absolute atomic E-state index is 0.00115. The highest BCUT2D eigenvalue weighted by molar-refractivity contribution is 5.94. The van der Waals surface area contributed by atoms with Crippen LogP contribution >= 0.6 is 0 Å². The van der Waals surface area contributed by atoms with Gasteiger partial charge in [0.1, 0.15) is 17.1 Å². The van der Waals surface area contributed by atoms with E-state index in [9.17, 15) is 18.0 Å². The van der Waals surface area contributed by atoms with Crippen LogP contribution in [0.4, 0.5) is 19.0 Å². The standard InChI is InChI=1S/C16H16F3N3O3/c1-24-10-5-3-9(4-6-10)12-7-13(16(17,18)19)22-14(21-12)11(8-20-22)15(23)25-2/h3-6,8,12-13,21H,7H2,1-2H3/t12-,13+/m1/s1. The number of benzene rings is 1. The summed E-state index contributed by atoms with van der Waals surface area (Å²) < 4.78 is 51.0. The third kappa shape index (κ3) is 3.13. The van der Waals surface area contributed by atoms with Crippen molar-refractivity contribution in [2.24, 2.45) is 0 Å². The topological polar surface area (TPSA) is 65.4 Å². The van der Waals surface area contributed by atoms with E-state index in [0.717, 1.165) is 18.0 Å². The average Bonchev–Trinajstić information content (AvgIpc) is 3.03. The minimum atomic E-state index is -4.50. The Balaban J connectivity index is 2.01. The number of alkyl halides is 3. The number of methoxy groups -OCH3 is 2. The first kappa shape index (κ1) is 17.1. The van der Waals surface area contributed by atoms with Crippen molar-refractivity contribution >= 4 is 11.8 Å². The van der Waals surface area contributed by atoms with Crippen LogP contribution in [0, 0.1) is 0 Å². The number of nitrogens with zero attached hydrogens (tertiary/aromatic N) is 2. The van der Waals surface area contributed by atoms with Gasteiger partial charge in [-0.1, -0.05) is 12.1 Å². The molecule has 1 aliphatic heterocycles. The first-order chi connectivity index (χ1) is 11.8. The Bertz CT molecular complexity index is 771. The first-order valence-corrected chi connectivity index (χ1v) is 7.48. The van der Waals surface area contributed by atoms with E-state index in [0.29, 0.717) is 11.3 Å². The summed E-state index contributed by atoms with van der Waals surface area (Å²) in [6.07, 6.45) is -3.66. The molecule has 9 heteroatoms. The fourth-order valence-corrected chi connectivity index (χ4v) is 2.88. The van der Waals surface area contributed by atoms with E-state index in [1.54, 1.807) is 24.3 Å². The summed E-state index contributed by atoms with van der Waals surface area (Å²) >= 11 is 0. The van der Waals surface area contributed by atoms with Crippen molar-refractivity contribution in [3.8, 4) is 5.75 Å². The molecule has 0 bridgehead atoms. The Morgan fingerprint density at radius 3 is 2.52 bits per heavy atom. The summed E-state index contributed by atoms with van der Waals surface area (Å²) in [6, 6.07) is 4.25. The number of hydrogen-bond acceptors (Lipinski definition) is 5. The molecular formula is C16H16F3N3O3. The van der Waals surface area contributed by atoms with Crippen LogP contribution < -0.4 is 10.1 Å². The maximum Gasteiger partial charge on any atom is 0.410 e. The third-order valence-electron chi connectivity index (χ3n) is 4.16. The Hall–Kier alpha value is -2.71. The quantitative estimate of drug-likeness (QED) is 0.856. The molecule has 2 aromatic rings. The normalized spacial score (nSPS) is 19.7. The zero-order chi connectivity index (χ0) is 18.2. The lowest BCUT2D eigenvalue weighted by molar-refractivity contribution is -0.173. The number of ether oxygens (including phenoxy) is 2. The molecule has 0 aliphatic carbocycles. The maximum atomic E-state index is 13.5. The summed E-state index contributed by atoms with van der Waals surface area (Å²) in [7, 11) is 2.67. The summed E-state index contributed by atoms with van der Waals surface area (Å²) in [5.74, 6) is -0.140. The molecule has 1 N–H and O–H groups in total. The minimum Gasteiger partial charge on any atom is -0.497 e. The molecule has 1 aromatic carbocycles. The average molecular weight is 355 g/mol. The zero-order valence-electron chi connectivity index (χ0n) is 13.5. The number of halogens is 3. The second-order valence-electron chi connectivity index (χ2n) is 5.61. The largest absolute Gasteiger partial charge is 0.497 e. The molecule has 1 aliphatic rings. The van der Waals surface area contributed by atoms with Gasteiger partial charge >= 0.3 is 12.1 Å². The Morgan fingerprint density at radius 2 is 1.96 bits per heavy atom. The molecule has 2 atom stereocenters. The summed E-state index contributed by atoms with van der Waals surface area (Å²) in [5.41, 5.74) is 0.619. The molecular weight excluding hydrogens is 339 g/mol. The SMILES string of the molecule is COC(=O)c1cnn2c1N[C@@H](c1ccc(OC)cc1)C[C@H]2C(F)(F)F. The summed E-state index contributed by atoms with van der Waals surface area (Å²) in [5, 5.41) is 6.72. The number of nitrogens with one attached hydrogen (secondary N) is 1. The van der Waals surface area contributed by atoms with Crippen molar-refractivity contribution in [2.75, 3.05) is 19.5 Å². The lowest BCUT2D eigenvalue weighted by Gasteiger charge is -2.34. The highest BCUT2D eigenvalue weighted by Gasteiger charge is 2.47. The lowest BCUT2D eigenvalue weighted by Crippen LogP contribution is -2.36. The molecule has 25 heavy (non-hydrogen) atoms. The van der Waals surface area contributed by atoms with Gasteiger partial charge in [0.2, 0.25) is 0 Å². The van der Waals surface area contributed by atoms with Crippen LogP contribution in [0.2, 0.25) is 0 Å². The van der Waals surface area contributed by atoms with Crippen LogP contribution in [0.5, 0.6) is 5.75 Å². The molecule has 1 aromatic heterocycles. The number of aromatic nitrogens is 2. The molecule has 0 fully saturated rings. The Morgan fingerprint density at radius 1 is 1.28 bits per heavy atom. The van der Waals surface area contributed by atoms with Crippen molar-refractivity contribution in [2.45, 2.75) is 24.7 Å². The van der Waals surface area contributed by atoms with Crippen molar-refractivity contribution < 1.29 is 27.4 Å². The summed E-state index contributed by atoms with van der Waals surface area (Å²) in [4.78, 5) is 11.8. The molecule has 0 spiro atoms. The Labute approximate surface area is 141 Å². The van der Waals surface area contributed by atoms with Gasteiger partial charge in [0.05, 0.1) is 26.5 Å². The molecule has 2 heterocycles. The fourth-order valence-electron chi connectivity index (χ4n) is 2.88. The molecule has 3 rings (SSSR count). The number of carbonyl (C=O) groups excluding carboxylic acids is 1. The molecule has 0 amide bonds. The van der Waals surface area contributed by atoms with Crippen LogP contribution in [-0.2, 0) is 4.74 Å². The molecule has 0 saturated carbocycles. The monoisotopic (exact) mass is 355 g/mol. The predicted molar refractivity (Wildman–Crippen MR) is 82.6 cm³/mol. The number of rotatable bonds is 3. The highest BCUT2D eigenvalue weighted by Crippen LogP contribution is 2.44. The van der Waals surface area contributed by atoms with Crippen molar-refractivity contribution in [1.29, 1.82) is 0 Å². The number of hydrogen-bond donors (Lipinski definition) is 1. The van der Waals surface area contributed by atoms with Crippen LogP contribution in [0.15, 0.2) is 30.5 Å². The van der Waals surface area contributed by atoms with E-state index in [-0.39, 0.29) is 17.8 Å². The van der Waals surface area contributed by atoms with Gasteiger partial charge < -0.3 is 14.8 Å². The zero-order valence-corrected chi connectivity index (χ0v) is 13.5. The number of fused-ring (bicyclic) bond motifs is 1. The van der Waals surface area contributed by atoms with Crippen molar-refractivity contribution in [1.82, 2.24) is 9.78 Å². The number of carbonyl (C=O) groups is 1. The molecule has 0 saturated heterocycles. The fraction of sp³-hybridized carbons (Fsp3) is 0.375. The molecule has 0 unspecified atom stereocenters. The van der Waals surface area contributed by atoms with E-state index in [4.69, 9.17) is 4.74 Å².